The van der Waals surface area contributed by atoms with Crippen molar-refractivity contribution in [3.63, 3.8) is 0 Å². The monoisotopic (exact) mass is 455 g/mol. The number of H-pyrrole nitrogens is 1. The van der Waals surface area contributed by atoms with Gasteiger partial charge in [0, 0.05) is 28.7 Å². The highest BCUT2D eigenvalue weighted by Gasteiger charge is 2.32. The summed E-state index contributed by atoms with van der Waals surface area (Å²) >= 11 is 7.32. The molecule has 3 aromatic rings. The molecular weight excluding hydrogens is 434 g/mol. The molecule has 0 spiro atoms. The first-order chi connectivity index (χ1) is 15.0. The number of nitrogens with zero attached hydrogens (tertiary/aromatic N) is 1. The summed E-state index contributed by atoms with van der Waals surface area (Å²) < 4.78 is 5.87. The first kappa shape index (κ1) is 21.5. The quantitative estimate of drug-likeness (QED) is 0.387. The molecule has 0 saturated heterocycles. The van der Waals surface area contributed by atoms with Crippen LogP contribution < -0.4 is 15.6 Å². The standard InChI is InChI=1S/C23H22ClN3O3S/c1-2-11-30-18-6-4-3-5-16(18)17-12-19(28)25-21-20(17)22(29)27-23(26-21)31-13-14-7-9-15(24)10-8-14/h3-10,17H,2,11-13H2,1H3,(H2,25,26,27,28,29). The van der Waals surface area contributed by atoms with Crippen molar-refractivity contribution in [2.24, 2.45) is 0 Å². The van der Waals surface area contributed by atoms with Gasteiger partial charge in [-0.25, -0.2) is 4.98 Å². The van der Waals surface area contributed by atoms with Crippen LogP contribution in [0.3, 0.4) is 0 Å². The number of hydrogen-bond donors (Lipinski definition) is 2. The number of aromatic nitrogens is 2. The fraction of sp³-hybridized carbons (Fsp3) is 0.261. The Morgan fingerprint density at radius 1 is 1.16 bits per heavy atom. The van der Waals surface area contributed by atoms with E-state index in [1.165, 1.54) is 11.8 Å². The van der Waals surface area contributed by atoms with E-state index >= 15 is 0 Å². The highest BCUT2D eigenvalue weighted by molar-refractivity contribution is 7.98. The Bertz CT molecular complexity index is 1150. The van der Waals surface area contributed by atoms with Crippen molar-refractivity contribution in [3.05, 3.63) is 80.6 Å². The van der Waals surface area contributed by atoms with Crippen molar-refractivity contribution in [1.29, 1.82) is 0 Å². The molecule has 31 heavy (non-hydrogen) atoms. The van der Waals surface area contributed by atoms with Crippen LogP contribution >= 0.6 is 23.4 Å². The zero-order valence-electron chi connectivity index (χ0n) is 17.0. The highest BCUT2D eigenvalue weighted by atomic mass is 35.5. The number of aromatic amines is 1. The molecule has 1 aromatic heterocycles. The van der Waals surface area contributed by atoms with Crippen LogP contribution in [-0.2, 0) is 10.5 Å². The Labute approximate surface area is 189 Å². The van der Waals surface area contributed by atoms with Gasteiger partial charge in [-0.15, -0.1) is 0 Å². The molecule has 6 nitrogen and oxygen atoms in total. The summed E-state index contributed by atoms with van der Waals surface area (Å²) in [6.07, 6.45) is 1.04. The van der Waals surface area contributed by atoms with Crippen molar-refractivity contribution in [3.8, 4) is 5.75 Å². The number of fused-ring (bicyclic) bond motifs is 1. The molecule has 0 aliphatic carbocycles. The van der Waals surface area contributed by atoms with Crippen LogP contribution in [0.15, 0.2) is 58.5 Å². The average Bonchev–Trinajstić information content (AvgIpc) is 2.76. The fourth-order valence-corrected chi connectivity index (χ4v) is 4.47. The van der Waals surface area contributed by atoms with Crippen LogP contribution in [0.1, 0.15) is 42.4 Å². The van der Waals surface area contributed by atoms with Gasteiger partial charge in [-0.3, -0.25) is 9.59 Å². The number of thioether (sulfide) groups is 1. The number of anilines is 1. The van der Waals surface area contributed by atoms with E-state index in [-0.39, 0.29) is 17.9 Å². The number of halogens is 1. The smallest absolute Gasteiger partial charge is 0.257 e. The molecule has 0 radical (unpaired) electrons. The lowest BCUT2D eigenvalue weighted by atomic mass is 9.86. The maximum absolute atomic E-state index is 13.0. The largest absolute Gasteiger partial charge is 0.493 e. The van der Waals surface area contributed by atoms with E-state index < -0.39 is 5.92 Å². The molecule has 160 valence electrons. The Kier molecular flexibility index (Phi) is 6.63. The van der Waals surface area contributed by atoms with Crippen molar-refractivity contribution in [2.45, 2.75) is 36.6 Å². The van der Waals surface area contributed by atoms with Gasteiger partial charge in [-0.2, -0.15) is 0 Å². The van der Waals surface area contributed by atoms with E-state index in [0.717, 1.165) is 17.5 Å². The second-order valence-corrected chi connectivity index (χ2v) is 8.64. The van der Waals surface area contributed by atoms with Crippen molar-refractivity contribution in [1.82, 2.24) is 9.97 Å². The van der Waals surface area contributed by atoms with Crippen LogP contribution in [0.25, 0.3) is 0 Å². The Balaban J connectivity index is 1.65. The van der Waals surface area contributed by atoms with E-state index in [9.17, 15) is 9.59 Å². The minimum Gasteiger partial charge on any atom is -0.493 e. The third kappa shape index (κ3) is 4.94. The molecule has 2 aromatic carbocycles. The first-order valence-electron chi connectivity index (χ1n) is 10.1. The van der Waals surface area contributed by atoms with Crippen LogP contribution in [0.4, 0.5) is 5.82 Å². The topological polar surface area (TPSA) is 84.1 Å². The van der Waals surface area contributed by atoms with Gasteiger partial charge >= 0.3 is 0 Å². The van der Waals surface area contributed by atoms with Gasteiger partial charge in [-0.1, -0.05) is 60.6 Å². The number of rotatable bonds is 7. The predicted molar refractivity (Wildman–Crippen MR) is 123 cm³/mol. The summed E-state index contributed by atoms with van der Waals surface area (Å²) in [5.41, 5.74) is 2.08. The third-order valence-corrected chi connectivity index (χ3v) is 6.17. The molecule has 1 aliphatic rings. The second kappa shape index (κ2) is 9.58. The van der Waals surface area contributed by atoms with Crippen molar-refractivity contribution in [2.75, 3.05) is 11.9 Å². The van der Waals surface area contributed by atoms with Crippen LogP contribution in [0.2, 0.25) is 5.02 Å². The molecule has 2 N–H and O–H groups in total. The molecular formula is C23H22ClN3O3S. The van der Waals surface area contributed by atoms with Crippen molar-refractivity contribution < 1.29 is 9.53 Å². The van der Waals surface area contributed by atoms with Crippen molar-refractivity contribution >= 4 is 35.1 Å². The normalized spacial score (nSPS) is 15.3. The molecule has 0 fully saturated rings. The molecule has 8 heteroatoms. The van der Waals surface area contributed by atoms with E-state index in [4.69, 9.17) is 16.3 Å². The number of carbonyl (C=O) groups excluding carboxylic acids is 1. The van der Waals surface area contributed by atoms with Gasteiger partial charge in [0.2, 0.25) is 5.91 Å². The average molecular weight is 456 g/mol. The summed E-state index contributed by atoms with van der Waals surface area (Å²) in [4.78, 5) is 32.9. The van der Waals surface area contributed by atoms with E-state index in [0.29, 0.717) is 39.7 Å². The predicted octanol–water partition coefficient (Wildman–Crippen LogP) is 4.98. The molecule has 1 atom stereocenters. The molecule has 1 aliphatic heterocycles. The number of para-hydroxylation sites is 1. The van der Waals surface area contributed by atoms with E-state index in [2.05, 4.69) is 15.3 Å². The lowest BCUT2D eigenvalue weighted by Gasteiger charge is -2.26. The number of amides is 1. The lowest BCUT2D eigenvalue weighted by molar-refractivity contribution is -0.116. The molecule has 1 amide bonds. The maximum Gasteiger partial charge on any atom is 0.257 e. The number of benzene rings is 2. The second-order valence-electron chi connectivity index (χ2n) is 7.24. The van der Waals surface area contributed by atoms with Crippen LogP contribution in [-0.4, -0.2) is 22.5 Å². The summed E-state index contributed by atoms with van der Waals surface area (Å²) in [6, 6.07) is 15.0. The zero-order chi connectivity index (χ0) is 21.8. The molecule has 1 unspecified atom stereocenters. The third-order valence-electron chi connectivity index (χ3n) is 4.97. The Hall–Kier alpha value is -2.77. The van der Waals surface area contributed by atoms with Gasteiger partial charge in [0.15, 0.2) is 5.16 Å². The summed E-state index contributed by atoms with van der Waals surface area (Å²) in [5, 5.41) is 3.89. The molecule has 0 bridgehead atoms. The molecule has 0 saturated carbocycles. The Morgan fingerprint density at radius 2 is 1.94 bits per heavy atom. The zero-order valence-corrected chi connectivity index (χ0v) is 18.6. The lowest BCUT2D eigenvalue weighted by Crippen LogP contribution is -2.31. The first-order valence-corrected chi connectivity index (χ1v) is 11.4. The van der Waals surface area contributed by atoms with Crippen LogP contribution in [0.5, 0.6) is 5.75 Å². The van der Waals surface area contributed by atoms with Gasteiger partial charge in [-0.05, 0) is 30.2 Å². The van der Waals surface area contributed by atoms with Crippen LogP contribution in [0, 0.1) is 0 Å². The fourth-order valence-electron chi connectivity index (χ4n) is 3.53. The number of carbonyl (C=O) groups is 1. The summed E-state index contributed by atoms with van der Waals surface area (Å²) in [7, 11) is 0. The number of ether oxygens (including phenoxy) is 1. The molecule has 4 rings (SSSR count). The minimum atomic E-state index is -0.414. The SMILES string of the molecule is CCCOc1ccccc1C1CC(=O)Nc2nc(SCc3ccc(Cl)cc3)[nH]c(=O)c21. The number of hydrogen-bond acceptors (Lipinski definition) is 5. The van der Waals surface area contributed by atoms with Gasteiger partial charge in [0.05, 0.1) is 12.2 Å². The van der Waals surface area contributed by atoms with Gasteiger partial charge in [0.1, 0.15) is 11.6 Å². The van der Waals surface area contributed by atoms with Gasteiger partial charge < -0.3 is 15.0 Å². The van der Waals surface area contributed by atoms with Gasteiger partial charge in [0.25, 0.3) is 5.56 Å². The summed E-state index contributed by atoms with van der Waals surface area (Å²) in [6.45, 7) is 2.60. The van der Waals surface area contributed by atoms with E-state index in [1.807, 2.05) is 55.5 Å². The minimum absolute atomic E-state index is 0.168. The highest BCUT2D eigenvalue weighted by Crippen LogP contribution is 2.38. The number of nitrogens with one attached hydrogen (secondary N) is 2. The molecule has 2 heterocycles. The van der Waals surface area contributed by atoms with E-state index in [1.54, 1.807) is 0 Å². The maximum atomic E-state index is 13.0. The Morgan fingerprint density at radius 3 is 2.71 bits per heavy atom. The summed E-state index contributed by atoms with van der Waals surface area (Å²) in [5.74, 6) is 1.03.